The van der Waals surface area contributed by atoms with Gasteiger partial charge in [-0.2, -0.15) is 0 Å². The molecule has 0 saturated carbocycles. The Morgan fingerprint density at radius 3 is 2.12 bits per heavy atom. The van der Waals surface area contributed by atoms with E-state index in [1.165, 1.54) is 12.0 Å². The summed E-state index contributed by atoms with van der Waals surface area (Å²) in [5.74, 6) is 1.68. The molecule has 0 fully saturated rings. The van der Waals surface area contributed by atoms with Gasteiger partial charge in [0, 0.05) is 6.54 Å². The molecule has 0 amide bonds. The topological polar surface area (TPSA) is 21.7 Å². The van der Waals surface area contributed by atoms with Crippen molar-refractivity contribution in [2.75, 3.05) is 33.9 Å². The van der Waals surface area contributed by atoms with E-state index in [2.05, 4.69) is 43.0 Å². The van der Waals surface area contributed by atoms with Gasteiger partial charge in [-0.1, -0.05) is 44.2 Å². The van der Waals surface area contributed by atoms with E-state index < -0.39 is 0 Å². The van der Waals surface area contributed by atoms with Gasteiger partial charge in [-0.25, -0.2) is 0 Å². The minimum atomic E-state index is 0.840. The van der Waals surface area contributed by atoms with Crippen LogP contribution in [0.1, 0.15) is 25.8 Å². The molecule has 0 unspecified atom stereocenters. The van der Waals surface area contributed by atoms with E-state index in [-0.39, 0.29) is 0 Å². The summed E-state index contributed by atoms with van der Waals surface area (Å²) >= 11 is 0. The van der Waals surface area contributed by atoms with Crippen LogP contribution in [-0.4, -0.2) is 38.8 Å². The number of methoxy groups -OCH3 is 2. The molecule has 130 valence electrons. The number of nitrogens with zero attached hydrogens (tertiary/aromatic N) is 1. The van der Waals surface area contributed by atoms with E-state index in [1.54, 1.807) is 14.2 Å². The van der Waals surface area contributed by atoms with E-state index >= 15 is 0 Å². The van der Waals surface area contributed by atoms with Gasteiger partial charge < -0.3 is 14.4 Å². The molecule has 2 rings (SSSR count). The van der Waals surface area contributed by atoms with Crippen LogP contribution in [0.25, 0.3) is 11.1 Å². The molecule has 3 nitrogen and oxygen atoms in total. The Labute approximate surface area is 146 Å². The molecule has 3 heteroatoms. The van der Waals surface area contributed by atoms with Crippen molar-refractivity contribution in [3.63, 3.8) is 0 Å². The lowest BCUT2D eigenvalue weighted by atomic mass is 10.00. The van der Waals surface area contributed by atoms with Crippen LogP contribution in [0, 0.1) is 0 Å². The van der Waals surface area contributed by atoms with Gasteiger partial charge in [0.25, 0.3) is 0 Å². The summed E-state index contributed by atoms with van der Waals surface area (Å²) in [5, 5.41) is 0. The lowest BCUT2D eigenvalue weighted by Gasteiger charge is -2.19. The van der Waals surface area contributed by atoms with E-state index in [0.29, 0.717) is 0 Å². The zero-order valence-corrected chi connectivity index (χ0v) is 15.3. The van der Waals surface area contributed by atoms with E-state index in [9.17, 15) is 0 Å². The predicted octanol–water partition coefficient (Wildman–Crippen LogP) is 4.65. The van der Waals surface area contributed by atoms with Crippen LogP contribution >= 0.6 is 0 Å². The van der Waals surface area contributed by atoms with E-state index in [0.717, 1.165) is 48.7 Å². The maximum absolute atomic E-state index is 5.54. The molecule has 0 aromatic heterocycles. The second-order valence-corrected chi connectivity index (χ2v) is 5.92. The summed E-state index contributed by atoms with van der Waals surface area (Å²) < 4.78 is 11.1. The third kappa shape index (κ3) is 4.51. The molecule has 0 saturated heterocycles. The van der Waals surface area contributed by atoms with Crippen LogP contribution in [0.15, 0.2) is 42.5 Å². The first-order valence-corrected chi connectivity index (χ1v) is 8.76. The average Bonchev–Trinajstić information content (AvgIpc) is 2.64. The highest BCUT2D eigenvalue weighted by molar-refractivity contribution is 5.77. The van der Waals surface area contributed by atoms with Gasteiger partial charge in [0.2, 0.25) is 0 Å². The fourth-order valence-corrected chi connectivity index (χ4v) is 3.05. The Kier molecular flexibility index (Phi) is 7.13. The first-order chi connectivity index (χ1) is 11.7. The van der Waals surface area contributed by atoms with Crippen molar-refractivity contribution in [1.29, 1.82) is 0 Å². The van der Waals surface area contributed by atoms with Gasteiger partial charge in [0.15, 0.2) is 0 Å². The summed E-state index contributed by atoms with van der Waals surface area (Å²) in [5.41, 5.74) is 3.50. The molecule has 24 heavy (non-hydrogen) atoms. The second kappa shape index (κ2) is 9.33. The zero-order valence-electron chi connectivity index (χ0n) is 15.3. The van der Waals surface area contributed by atoms with E-state index in [1.807, 2.05) is 18.2 Å². The summed E-state index contributed by atoms with van der Waals surface area (Å²) in [7, 11) is 3.40. The van der Waals surface area contributed by atoms with Crippen molar-refractivity contribution in [2.24, 2.45) is 0 Å². The zero-order chi connectivity index (χ0) is 17.4. The van der Waals surface area contributed by atoms with Gasteiger partial charge in [-0.05, 0) is 49.2 Å². The fraction of sp³-hybridized carbons (Fsp3) is 0.429. The standard InChI is InChI=1S/C21H29NO2/c1-5-14-22(6-2)15-13-17-9-7-10-18(16-17)21-19(23-3)11-8-12-20(21)24-4/h7-12,16H,5-6,13-15H2,1-4H3. The Balaban J connectivity index is 2.25. The molecule has 0 aliphatic carbocycles. The minimum absolute atomic E-state index is 0.840. The molecule has 0 radical (unpaired) electrons. The summed E-state index contributed by atoms with van der Waals surface area (Å²) in [4.78, 5) is 2.50. The van der Waals surface area contributed by atoms with Crippen LogP contribution in [-0.2, 0) is 6.42 Å². The highest BCUT2D eigenvalue weighted by atomic mass is 16.5. The summed E-state index contributed by atoms with van der Waals surface area (Å²) in [6.07, 6.45) is 2.26. The maximum atomic E-state index is 5.54. The number of ether oxygens (including phenoxy) is 2. The average molecular weight is 327 g/mol. The van der Waals surface area contributed by atoms with Crippen LogP contribution < -0.4 is 9.47 Å². The minimum Gasteiger partial charge on any atom is -0.496 e. The molecule has 2 aromatic carbocycles. The summed E-state index contributed by atoms with van der Waals surface area (Å²) in [6, 6.07) is 14.6. The first kappa shape index (κ1) is 18.3. The molecule has 0 N–H and O–H groups in total. The lowest BCUT2D eigenvalue weighted by Crippen LogP contribution is -2.26. The van der Waals surface area contributed by atoms with Crippen molar-refractivity contribution in [1.82, 2.24) is 4.90 Å². The SMILES string of the molecule is CCCN(CC)CCc1cccc(-c2c(OC)cccc2OC)c1. The smallest absolute Gasteiger partial charge is 0.130 e. The Morgan fingerprint density at radius 2 is 1.54 bits per heavy atom. The van der Waals surface area contributed by atoms with E-state index in [4.69, 9.17) is 9.47 Å². The molecule has 0 bridgehead atoms. The van der Waals surface area contributed by atoms with Crippen molar-refractivity contribution in [3.05, 3.63) is 48.0 Å². The lowest BCUT2D eigenvalue weighted by molar-refractivity contribution is 0.292. The number of rotatable bonds is 9. The fourth-order valence-electron chi connectivity index (χ4n) is 3.05. The van der Waals surface area contributed by atoms with Crippen LogP contribution in [0.4, 0.5) is 0 Å². The monoisotopic (exact) mass is 327 g/mol. The van der Waals surface area contributed by atoms with Crippen LogP contribution in [0.3, 0.4) is 0 Å². The van der Waals surface area contributed by atoms with Gasteiger partial charge in [0.1, 0.15) is 11.5 Å². The van der Waals surface area contributed by atoms with Gasteiger partial charge in [-0.15, -0.1) is 0 Å². The largest absolute Gasteiger partial charge is 0.496 e. The van der Waals surface area contributed by atoms with Crippen molar-refractivity contribution >= 4 is 0 Å². The molecule has 0 aliphatic rings. The summed E-state index contributed by atoms with van der Waals surface area (Å²) in [6.45, 7) is 7.82. The Bertz CT molecular complexity index is 617. The highest BCUT2D eigenvalue weighted by Gasteiger charge is 2.12. The molecule has 0 aliphatic heterocycles. The quantitative estimate of drug-likeness (QED) is 0.669. The Morgan fingerprint density at radius 1 is 0.875 bits per heavy atom. The predicted molar refractivity (Wildman–Crippen MR) is 101 cm³/mol. The van der Waals surface area contributed by atoms with Gasteiger partial charge >= 0.3 is 0 Å². The maximum Gasteiger partial charge on any atom is 0.130 e. The van der Waals surface area contributed by atoms with Crippen LogP contribution in [0.2, 0.25) is 0 Å². The third-order valence-corrected chi connectivity index (χ3v) is 4.35. The van der Waals surface area contributed by atoms with Crippen molar-refractivity contribution in [3.8, 4) is 22.6 Å². The van der Waals surface area contributed by atoms with Gasteiger partial charge in [-0.3, -0.25) is 0 Å². The highest BCUT2D eigenvalue weighted by Crippen LogP contribution is 2.38. The molecule has 2 aromatic rings. The first-order valence-electron chi connectivity index (χ1n) is 8.76. The number of hydrogen-bond acceptors (Lipinski definition) is 3. The van der Waals surface area contributed by atoms with Crippen LogP contribution in [0.5, 0.6) is 11.5 Å². The Hall–Kier alpha value is -2.00. The number of benzene rings is 2. The molecular weight excluding hydrogens is 298 g/mol. The number of likely N-dealkylation sites (N-methyl/N-ethyl adjacent to an activating group) is 1. The van der Waals surface area contributed by atoms with Gasteiger partial charge in [0.05, 0.1) is 19.8 Å². The van der Waals surface area contributed by atoms with Crippen molar-refractivity contribution in [2.45, 2.75) is 26.7 Å². The molecule has 0 heterocycles. The third-order valence-electron chi connectivity index (χ3n) is 4.35. The molecule has 0 atom stereocenters. The molecular formula is C21H29NO2. The number of hydrogen-bond donors (Lipinski definition) is 0. The second-order valence-electron chi connectivity index (χ2n) is 5.92. The van der Waals surface area contributed by atoms with Crippen molar-refractivity contribution < 1.29 is 9.47 Å². The molecule has 0 spiro atoms. The normalized spacial score (nSPS) is 10.9.